The van der Waals surface area contributed by atoms with Crippen LogP contribution in [0.5, 0.6) is 0 Å². The minimum absolute atomic E-state index is 0.0113. The van der Waals surface area contributed by atoms with E-state index in [1.54, 1.807) is 0 Å². The van der Waals surface area contributed by atoms with E-state index in [1.807, 2.05) is 0 Å². The van der Waals surface area contributed by atoms with E-state index in [-0.39, 0.29) is 6.07 Å². The molecule has 0 aliphatic rings. The average Bonchev–Trinajstić information content (AvgIpc) is 2.14. The quantitative estimate of drug-likeness (QED) is 0.835. The number of nitrogens with zero attached hydrogens (tertiary/aromatic N) is 1. The van der Waals surface area contributed by atoms with Gasteiger partial charge >= 0.3 is 6.18 Å². The van der Waals surface area contributed by atoms with Crippen LogP contribution >= 0.6 is 0 Å². The van der Waals surface area contributed by atoms with Gasteiger partial charge in [-0.05, 0) is 6.07 Å². The highest BCUT2D eigenvalue weighted by atomic mass is 32.2. The molecule has 1 rings (SSSR count). The number of hydrogen-bond donors (Lipinski definition) is 1. The van der Waals surface area contributed by atoms with Crippen LogP contribution in [0.25, 0.3) is 0 Å². The summed E-state index contributed by atoms with van der Waals surface area (Å²) in [6, 6.07) is 0.0113. The van der Waals surface area contributed by atoms with Crippen molar-refractivity contribution in [2.45, 2.75) is 17.6 Å². The molecule has 0 saturated heterocycles. The Morgan fingerprint density at radius 3 is 2.18 bits per heavy atom. The van der Waals surface area contributed by atoms with E-state index in [4.69, 9.17) is 0 Å². The molecular weight excluding hydrogens is 271 g/mol. The second-order valence-corrected chi connectivity index (χ2v) is 4.44. The van der Waals surface area contributed by atoms with Crippen molar-refractivity contribution >= 4 is 10.0 Å². The lowest BCUT2D eigenvalue weighted by Crippen LogP contribution is -2.21. The summed E-state index contributed by atoms with van der Waals surface area (Å²) in [5.74, 6) is 0. The normalized spacial score (nSPS) is 13.1. The molecule has 96 valence electrons. The Morgan fingerprint density at radius 2 is 1.82 bits per heavy atom. The Kier molecular flexibility index (Phi) is 3.39. The van der Waals surface area contributed by atoms with Gasteiger partial charge in [0.2, 0.25) is 0 Å². The molecule has 0 saturated carbocycles. The summed E-state index contributed by atoms with van der Waals surface area (Å²) < 4.78 is 83.2. The zero-order valence-corrected chi connectivity index (χ0v) is 8.69. The molecule has 0 aromatic carbocycles. The maximum absolute atomic E-state index is 12.4. The van der Waals surface area contributed by atoms with E-state index in [0.717, 1.165) is 0 Å². The molecule has 17 heavy (non-hydrogen) atoms. The SMILES string of the molecule is NS(=O)(=O)c1ncc(C(F)F)cc1C(F)(F)F. The summed E-state index contributed by atoms with van der Waals surface area (Å²) in [4.78, 5) is 2.82. The molecule has 0 aliphatic carbocycles. The second kappa shape index (κ2) is 4.18. The van der Waals surface area contributed by atoms with Gasteiger partial charge in [0, 0.05) is 11.8 Å². The molecule has 0 unspecified atom stereocenters. The first-order chi connectivity index (χ1) is 7.53. The van der Waals surface area contributed by atoms with Gasteiger partial charge in [-0.25, -0.2) is 27.3 Å². The molecule has 1 heterocycles. The number of hydrogen-bond acceptors (Lipinski definition) is 3. The first-order valence-corrected chi connectivity index (χ1v) is 5.46. The fourth-order valence-corrected chi connectivity index (χ4v) is 1.70. The van der Waals surface area contributed by atoms with E-state index in [2.05, 4.69) is 10.1 Å². The van der Waals surface area contributed by atoms with Crippen LogP contribution in [0.3, 0.4) is 0 Å². The van der Waals surface area contributed by atoms with Gasteiger partial charge in [-0.3, -0.25) is 0 Å². The van der Waals surface area contributed by atoms with E-state index < -0.39 is 38.8 Å². The number of nitrogens with two attached hydrogens (primary N) is 1. The van der Waals surface area contributed by atoms with Crippen molar-refractivity contribution in [3.63, 3.8) is 0 Å². The number of rotatable bonds is 2. The number of halogens is 5. The van der Waals surface area contributed by atoms with Crippen LogP contribution in [0.2, 0.25) is 0 Å². The summed E-state index contributed by atoms with van der Waals surface area (Å²) >= 11 is 0. The molecule has 0 radical (unpaired) electrons. The number of aromatic nitrogens is 1. The third-order valence-corrected chi connectivity index (χ3v) is 2.56. The minimum Gasteiger partial charge on any atom is -0.242 e. The van der Waals surface area contributed by atoms with Gasteiger partial charge in [0.25, 0.3) is 16.4 Å². The number of primary sulfonamides is 1. The lowest BCUT2D eigenvalue weighted by molar-refractivity contribution is -0.140. The smallest absolute Gasteiger partial charge is 0.242 e. The Balaban J connectivity index is 3.55. The van der Waals surface area contributed by atoms with E-state index >= 15 is 0 Å². The van der Waals surface area contributed by atoms with Crippen molar-refractivity contribution in [3.8, 4) is 0 Å². The predicted molar refractivity (Wildman–Crippen MR) is 45.6 cm³/mol. The summed E-state index contributed by atoms with van der Waals surface area (Å²) in [5.41, 5.74) is -2.84. The minimum atomic E-state index is -5.14. The molecule has 0 spiro atoms. The van der Waals surface area contributed by atoms with Crippen molar-refractivity contribution in [2.24, 2.45) is 5.14 Å². The molecule has 10 heteroatoms. The Morgan fingerprint density at radius 1 is 1.29 bits per heavy atom. The van der Waals surface area contributed by atoms with Crippen LogP contribution in [0.15, 0.2) is 17.3 Å². The van der Waals surface area contributed by atoms with Gasteiger partial charge in [-0.1, -0.05) is 0 Å². The Bertz CT molecular complexity index is 526. The first-order valence-electron chi connectivity index (χ1n) is 3.91. The standard InChI is InChI=1S/C7H5F5N2O2S/c8-5(9)3-1-4(7(10,11)12)6(14-2-3)17(13,15)16/h1-2,5H,(H2,13,15,16). The van der Waals surface area contributed by atoms with E-state index in [9.17, 15) is 30.4 Å². The maximum Gasteiger partial charge on any atom is 0.419 e. The molecule has 0 fully saturated rings. The van der Waals surface area contributed by atoms with Crippen LogP contribution < -0.4 is 5.14 Å². The molecule has 1 aromatic heterocycles. The second-order valence-electron chi connectivity index (χ2n) is 2.96. The highest BCUT2D eigenvalue weighted by Gasteiger charge is 2.38. The number of alkyl halides is 5. The molecule has 4 nitrogen and oxygen atoms in total. The van der Waals surface area contributed by atoms with Crippen LogP contribution in [0.1, 0.15) is 17.6 Å². The third-order valence-electron chi connectivity index (χ3n) is 1.70. The van der Waals surface area contributed by atoms with Crippen LogP contribution in [0.4, 0.5) is 22.0 Å². The summed E-state index contributed by atoms with van der Waals surface area (Å²) in [5, 5.41) is 3.03. The molecular formula is C7H5F5N2O2S. The van der Waals surface area contributed by atoms with Gasteiger partial charge in [0.05, 0.1) is 5.56 Å². The average molecular weight is 276 g/mol. The van der Waals surface area contributed by atoms with Crippen LogP contribution in [-0.4, -0.2) is 13.4 Å². The van der Waals surface area contributed by atoms with Crippen molar-refractivity contribution in [1.29, 1.82) is 0 Å². The Hall–Kier alpha value is -1.29. The fraction of sp³-hybridized carbons (Fsp3) is 0.286. The summed E-state index contributed by atoms with van der Waals surface area (Å²) in [6.45, 7) is 0. The largest absolute Gasteiger partial charge is 0.419 e. The Labute approximate surface area is 92.3 Å². The fourth-order valence-electron chi connectivity index (χ4n) is 1.02. The van der Waals surface area contributed by atoms with Gasteiger partial charge in [-0.2, -0.15) is 13.2 Å². The van der Waals surface area contributed by atoms with E-state index in [1.165, 1.54) is 0 Å². The van der Waals surface area contributed by atoms with Crippen molar-refractivity contribution in [1.82, 2.24) is 4.98 Å². The molecule has 1 aromatic rings. The molecule has 0 aliphatic heterocycles. The summed E-state index contributed by atoms with van der Waals surface area (Å²) in [7, 11) is -4.74. The van der Waals surface area contributed by atoms with Gasteiger partial charge in [-0.15, -0.1) is 0 Å². The van der Waals surface area contributed by atoms with Gasteiger partial charge in [0.1, 0.15) is 0 Å². The van der Waals surface area contributed by atoms with Crippen molar-refractivity contribution in [3.05, 3.63) is 23.4 Å². The molecule has 0 bridgehead atoms. The molecule has 0 atom stereocenters. The van der Waals surface area contributed by atoms with Crippen LogP contribution in [-0.2, 0) is 16.2 Å². The molecule has 2 N–H and O–H groups in total. The molecule has 0 amide bonds. The van der Waals surface area contributed by atoms with Crippen molar-refractivity contribution in [2.75, 3.05) is 0 Å². The van der Waals surface area contributed by atoms with Crippen molar-refractivity contribution < 1.29 is 30.4 Å². The van der Waals surface area contributed by atoms with E-state index in [0.29, 0.717) is 6.20 Å². The third kappa shape index (κ3) is 3.09. The lowest BCUT2D eigenvalue weighted by atomic mass is 10.2. The maximum atomic E-state index is 12.4. The monoisotopic (exact) mass is 276 g/mol. The van der Waals surface area contributed by atoms with Gasteiger partial charge < -0.3 is 0 Å². The zero-order chi connectivity index (χ0) is 13.4. The topological polar surface area (TPSA) is 73.1 Å². The summed E-state index contributed by atoms with van der Waals surface area (Å²) in [6.07, 6.45) is -8.00. The highest BCUT2D eigenvalue weighted by Crippen LogP contribution is 2.34. The van der Waals surface area contributed by atoms with Gasteiger partial charge in [0.15, 0.2) is 5.03 Å². The highest BCUT2D eigenvalue weighted by molar-refractivity contribution is 7.89. The van der Waals surface area contributed by atoms with Crippen LogP contribution in [0, 0.1) is 0 Å². The number of sulfonamides is 1. The first kappa shape index (κ1) is 13.8. The number of pyridine rings is 1. The lowest BCUT2D eigenvalue weighted by Gasteiger charge is -2.11. The predicted octanol–water partition coefficient (Wildman–Crippen LogP) is 1.69. The zero-order valence-electron chi connectivity index (χ0n) is 7.87.